The Labute approximate surface area is 162 Å². The summed E-state index contributed by atoms with van der Waals surface area (Å²) >= 11 is 0. The predicted octanol–water partition coefficient (Wildman–Crippen LogP) is 2.32. The first-order valence-electron chi connectivity index (χ1n) is 9.79. The zero-order chi connectivity index (χ0) is 19.9. The molecule has 6 nitrogen and oxygen atoms in total. The van der Waals surface area contributed by atoms with Gasteiger partial charge in [-0.15, -0.1) is 0 Å². The van der Waals surface area contributed by atoms with Gasteiger partial charge in [-0.25, -0.2) is 0 Å². The van der Waals surface area contributed by atoms with Gasteiger partial charge < -0.3 is 20.7 Å². The van der Waals surface area contributed by atoms with Gasteiger partial charge in [0, 0.05) is 37.2 Å². The van der Waals surface area contributed by atoms with Crippen LogP contribution in [0, 0.1) is 5.41 Å². The van der Waals surface area contributed by atoms with Gasteiger partial charge in [-0.2, -0.15) is 0 Å². The summed E-state index contributed by atoms with van der Waals surface area (Å²) in [5.41, 5.74) is 6.74. The smallest absolute Gasteiger partial charge is 0.253 e. The number of carbonyl (C=O) groups is 2. The maximum atomic E-state index is 12.7. The van der Waals surface area contributed by atoms with Crippen LogP contribution in [0.5, 0.6) is 0 Å². The van der Waals surface area contributed by atoms with E-state index in [-0.39, 0.29) is 17.9 Å². The van der Waals surface area contributed by atoms with Crippen LogP contribution in [0.15, 0.2) is 24.3 Å². The first kappa shape index (κ1) is 21.4. The Bertz CT molecular complexity index is 615. The second kappa shape index (κ2) is 9.85. The van der Waals surface area contributed by atoms with Gasteiger partial charge >= 0.3 is 0 Å². The Balaban J connectivity index is 1.81. The van der Waals surface area contributed by atoms with Crippen LogP contribution in [0.2, 0.25) is 0 Å². The highest BCUT2D eigenvalue weighted by atomic mass is 16.5. The van der Waals surface area contributed by atoms with Crippen molar-refractivity contribution in [2.24, 2.45) is 11.1 Å². The standard InChI is InChI=1S/C21H33N3O3/c1-21(2,3)20(26)23-15-16-5-7-17(8-6-16)19(25)24-12-9-18(10-13-24)27-14-4-11-22/h5-8,18H,4,9-15,22H2,1-3H3,(H,23,26). The molecule has 0 saturated carbocycles. The second-order valence-electron chi connectivity index (χ2n) is 8.13. The van der Waals surface area contributed by atoms with E-state index in [0.717, 1.165) is 37.9 Å². The van der Waals surface area contributed by atoms with E-state index in [9.17, 15) is 9.59 Å². The fourth-order valence-corrected chi connectivity index (χ4v) is 2.95. The lowest BCUT2D eigenvalue weighted by Gasteiger charge is -2.32. The van der Waals surface area contributed by atoms with Crippen LogP contribution in [0.25, 0.3) is 0 Å². The monoisotopic (exact) mass is 375 g/mol. The van der Waals surface area contributed by atoms with E-state index in [2.05, 4.69) is 5.32 Å². The number of benzene rings is 1. The Kier molecular flexibility index (Phi) is 7.80. The first-order chi connectivity index (χ1) is 12.8. The summed E-state index contributed by atoms with van der Waals surface area (Å²) in [6.07, 6.45) is 2.84. The third-order valence-corrected chi connectivity index (χ3v) is 4.77. The molecule has 3 N–H and O–H groups in total. The average Bonchev–Trinajstić information content (AvgIpc) is 2.66. The number of carbonyl (C=O) groups excluding carboxylic acids is 2. The molecule has 2 rings (SSSR count). The Morgan fingerprint density at radius 3 is 2.37 bits per heavy atom. The van der Waals surface area contributed by atoms with Crippen LogP contribution in [-0.2, 0) is 16.1 Å². The molecule has 150 valence electrons. The molecule has 0 atom stereocenters. The van der Waals surface area contributed by atoms with E-state index in [1.165, 1.54) is 0 Å². The molecular formula is C21H33N3O3. The molecule has 2 amide bonds. The van der Waals surface area contributed by atoms with Crippen molar-refractivity contribution in [3.05, 3.63) is 35.4 Å². The van der Waals surface area contributed by atoms with E-state index in [1.807, 2.05) is 49.9 Å². The van der Waals surface area contributed by atoms with Crippen LogP contribution in [0.1, 0.15) is 56.0 Å². The van der Waals surface area contributed by atoms with Gasteiger partial charge in [0.25, 0.3) is 5.91 Å². The van der Waals surface area contributed by atoms with E-state index in [0.29, 0.717) is 25.3 Å². The number of hydrogen-bond acceptors (Lipinski definition) is 4. The molecule has 1 saturated heterocycles. The van der Waals surface area contributed by atoms with E-state index < -0.39 is 5.41 Å². The van der Waals surface area contributed by atoms with Crippen molar-refractivity contribution in [3.8, 4) is 0 Å². The average molecular weight is 376 g/mol. The summed E-state index contributed by atoms with van der Waals surface area (Å²) in [5, 5.41) is 2.92. The van der Waals surface area contributed by atoms with Crippen LogP contribution in [-0.4, -0.2) is 49.1 Å². The van der Waals surface area contributed by atoms with E-state index in [4.69, 9.17) is 10.5 Å². The normalized spacial score (nSPS) is 15.6. The van der Waals surface area contributed by atoms with E-state index in [1.54, 1.807) is 0 Å². The topological polar surface area (TPSA) is 84.7 Å². The fraction of sp³-hybridized carbons (Fsp3) is 0.619. The summed E-state index contributed by atoms with van der Waals surface area (Å²) in [6, 6.07) is 7.48. The van der Waals surface area contributed by atoms with Crippen molar-refractivity contribution in [2.75, 3.05) is 26.2 Å². The number of nitrogens with two attached hydrogens (primary N) is 1. The second-order valence-corrected chi connectivity index (χ2v) is 8.13. The number of likely N-dealkylation sites (tertiary alicyclic amines) is 1. The minimum absolute atomic E-state index is 0.0132. The van der Waals surface area contributed by atoms with Crippen LogP contribution >= 0.6 is 0 Å². The molecule has 0 aromatic heterocycles. The number of amides is 2. The van der Waals surface area contributed by atoms with Gasteiger partial charge in [0.2, 0.25) is 5.91 Å². The predicted molar refractivity (Wildman–Crippen MR) is 106 cm³/mol. The van der Waals surface area contributed by atoms with Gasteiger partial charge in [0.05, 0.1) is 6.10 Å². The molecule has 1 aromatic carbocycles. The van der Waals surface area contributed by atoms with Crippen molar-refractivity contribution in [2.45, 2.75) is 52.7 Å². The summed E-state index contributed by atoms with van der Waals surface area (Å²) in [6.45, 7) is 8.90. The van der Waals surface area contributed by atoms with Crippen molar-refractivity contribution < 1.29 is 14.3 Å². The van der Waals surface area contributed by atoms with Gasteiger partial charge in [-0.1, -0.05) is 32.9 Å². The van der Waals surface area contributed by atoms with Gasteiger partial charge in [0.1, 0.15) is 0 Å². The Hall–Kier alpha value is -1.92. The Morgan fingerprint density at radius 2 is 1.81 bits per heavy atom. The number of piperidine rings is 1. The van der Waals surface area contributed by atoms with Crippen LogP contribution in [0.3, 0.4) is 0 Å². The largest absolute Gasteiger partial charge is 0.378 e. The molecule has 1 aromatic rings. The van der Waals surface area contributed by atoms with Crippen molar-refractivity contribution in [3.63, 3.8) is 0 Å². The molecule has 0 spiro atoms. The zero-order valence-electron chi connectivity index (χ0n) is 16.8. The maximum absolute atomic E-state index is 12.7. The minimum atomic E-state index is -0.407. The molecule has 27 heavy (non-hydrogen) atoms. The molecule has 0 bridgehead atoms. The fourth-order valence-electron chi connectivity index (χ4n) is 2.95. The molecule has 1 aliphatic heterocycles. The minimum Gasteiger partial charge on any atom is -0.378 e. The highest BCUT2D eigenvalue weighted by Gasteiger charge is 2.24. The molecule has 6 heteroatoms. The highest BCUT2D eigenvalue weighted by molar-refractivity contribution is 5.94. The quantitative estimate of drug-likeness (QED) is 0.716. The molecular weight excluding hydrogens is 342 g/mol. The Morgan fingerprint density at radius 1 is 1.19 bits per heavy atom. The summed E-state index contributed by atoms with van der Waals surface area (Å²) in [7, 11) is 0. The maximum Gasteiger partial charge on any atom is 0.253 e. The lowest BCUT2D eigenvalue weighted by Crippen LogP contribution is -2.41. The molecule has 1 fully saturated rings. The number of rotatable bonds is 7. The molecule has 0 radical (unpaired) electrons. The lowest BCUT2D eigenvalue weighted by atomic mass is 9.95. The van der Waals surface area contributed by atoms with Crippen molar-refractivity contribution >= 4 is 11.8 Å². The number of nitrogens with one attached hydrogen (secondary N) is 1. The molecule has 1 heterocycles. The number of ether oxygens (including phenoxy) is 1. The summed E-state index contributed by atoms with van der Waals surface area (Å²) in [5.74, 6) is 0.0693. The summed E-state index contributed by atoms with van der Waals surface area (Å²) in [4.78, 5) is 26.5. The lowest BCUT2D eigenvalue weighted by molar-refractivity contribution is -0.128. The van der Waals surface area contributed by atoms with Gasteiger partial charge in [-0.05, 0) is 43.5 Å². The molecule has 1 aliphatic rings. The van der Waals surface area contributed by atoms with Crippen molar-refractivity contribution in [1.29, 1.82) is 0 Å². The first-order valence-corrected chi connectivity index (χ1v) is 9.79. The highest BCUT2D eigenvalue weighted by Crippen LogP contribution is 2.17. The number of nitrogens with zero attached hydrogens (tertiary/aromatic N) is 1. The third kappa shape index (κ3) is 6.63. The molecule has 0 unspecified atom stereocenters. The van der Waals surface area contributed by atoms with Crippen LogP contribution < -0.4 is 11.1 Å². The zero-order valence-corrected chi connectivity index (χ0v) is 16.8. The van der Waals surface area contributed by atoms with E-state index >= 15 is 0 Å². The van der Waals surface area contributed by atoms with Crippen molar-refractivity contribution in [1.82, 2.24) is 10.2 Å². The third-order valence-electron chi connectivity index (χ3n) is 4.77. The summed E-state index contributed by atoms with van der Waals surface area (Å²) < 4.78 is 5.79. The number of hydrogen-bond donors (Lipinski definition) is 2. The molecule has 0 aliphatic carbocycles. The SMILES string of the molecule is CC(C)(C)C(=O)NCc1ccc(C(=O)N2CCC(OCCCN)CC2)cc1. The van der Waals surface area contributed by atoms with Crippen LogP contribution in [0.4, 0.5) is 0 Å². The van der Waals surface area contributed by atoms with Gasteiger partial charge in [-0.3, -0.25) is 9.59 Å². The van der Waals surface area contributed by atoms with Gasteiger partial charge in [0.15, 0.2) is 0 Å².